The van der Waals surface area contributed by atoms with E-state index in [2.05, 4.69) is 20.9 Å². The molecule has 4 heteroatoms. The molecule has 1 heterocycles. The number of rotatable bonds is 3. The van der Waals surface area contributed by atoms with Crippen LogP contribution in [0.25, 0.3) is 11.1 Å². The largest absolute Gasteiger partial charge is 0.433 e. The van der Waals surface area contributed by atoms with E-state index in [9.17, 15) is 4.79 Å². The maximum atomic E-state index is 11.4. The monoisotopic (exact) mass is 267 g/mol. The summed E-state index contributed by atoms with van der Waals surface area (Å²) in [5.74, 6) is 0.0519. The maximum Gasteiger partial charge on any atom is 0.265 e. The standard InChI is InChI=1S/C11H10BrNO2/c1-2-7-4-3-5-8-10(7)15-11(13-8)9(14)6-12/h3-5H,2,6H2,1H3. The fourth-order valence-electron chi connectivity index (χ4n) is 1.46. The number of carbonyl (C=O) groups excluding carboxylic acids is 1. The number of oxazole rings is 1. The van der Waals surface area contributed by atoms with Gasteiger partial charge in [0.05, 0.1) is 5.33 Å². The number of alkyl halides is 1. The van der Waals surface area contributed by atoms with Crippen LogP contribution in [0.15, 0.2) is 22.6 Å². The van der Waals surface area contributed by atoms with Crippen LogP contribution in [0.4, 0.5) is 0 Å². The zero-order valence-electron chi connectivity index (χ0n) is 8.29. The zero-order valence-corrected chi connectivity index (χ0v) is 9.87. The second kappa shape index (κ2) is 4.14. The molecule has 0 saturated carbocycles. The fourth-order valence-corrected chi connectivity index (χ4v) is 1.70. The summed E-state index contributed by atoms with van der Waals surface area (Å²) in [7, 11) is 0. The predicted octanol–water partition coefficient (Wildman–Crippen LogP) is 2.97. The van der Waals surface area contributed by atoms with Gasteiger partial charge in [0.15, 0.2) is 5.58 Å². The Morgan fingerprint density at radius 3 is 3.00 bits per heavy atom. The van der Waals surface area contributed by atoms with Gasteiger partial charge in [-0.15, -0.1) is 0 Å². The summed E-state index contributed by atoms with van der Waals surface area (Å²) >= 11 is 3.09. The highest BCUT2D eigenvalue weighted by molar-refractivity contribution is 9.09. The van der Waals surface area contributed by atoms with Gasteiger partial charge in [-0.1, -0.05) is 35.0 Å². The molecular weight excluding hydrogens is 258 g/mol. The van der Waals surface area contributed by atoms with Gasteiger partial charge in [-0.3, -0.25) is 4.79 Å². The van der Waals surface area contributed by atoms with Gasteiger partial charge < -0.3 is 4.42 Å². The fraction of sp³-hybridized carbons (Fsp3) is 0.273. The number of benzene rings is 1. The number of hydrogen-bond acceptors (Lipinski definition) is 3. The first-order valence-corrected chi connectivity index (χ1v) is 5.86. The molecule has 0 aliphatic carbocycles. The first-order valence-electron chi connectivity index (χ1n) is 4.74. The third-order valence-electron chi connectivity index (χ3n) is 2.24. The van der Waals surface area contributed by atoms with Crippen LogP contribution in [0, 0.1) is 0 Å². The highest BCUT2D eigenvalue weighted by Crippen LogP contribution is 2.20. The molecule has 78 valence electrons. The highest BCUT2D eigenvalue weighted by Gasteiger charge is 2.14. The van der Waals surface area contributed by atoms with E-state index in [1.807, 2.05) is 25.1 Å². The number of Topliss-reactive ketones (excluding diaryl/α,β-unsaturated/α-hetero) is 1. The molecular formula is C11H10BrNO2. The van der Waals surface area contributed by atoms with Crippen LogP contribution >= 0.6 is 15.9 Å². The van der Waals surface area contributed by atoms with Gasteiger partial charge in [0.2, 0.25) is 5.78 Å². The molecule has 0 aliphatic heterocycles. The SMILES string of the molecule is CCc1cccc2nc(C(=O)CBr)oc12. The third-order valence-corrected chi connectivity index (χ3v) is 2.75. The number of aryl methyl sites for hydroxylation is 1. The van der Waals surface area contributed by atoms with Gasteiger partial charge in [0.1, 0.15) is 5.52 Å². The van der Waals surface area contributed by atoms with Gasteiger partial charge in [0.25, 0.3) is 5.89 Å². The summed E-state index contributed by atoms with van der Waals surface area (Å²) in [6.45, 7) is 2.04. The molecule has 0 unspecified atom stereocenters. The lowest BCUT2D eigenvalue weighted by Gasteiger charge is -1.94. The van der Waals surface area contributed by atoms with Crippen molar-refractivity contribution in [2.45, 2.75) is 13.3 Å². The lowest BCUT2D eigenvalue weighted by molar-refractivity contribution is 0.0989. The van der Waals surface area contributed by atoms with Crippen molar-refractivity contribution in [2.75, 3.05) is 5.33 Å². The van der Waals surface area contributed by atoms with Gasteiger partial charge in [0, 0.05) is 0 Å². The van der Waals surface area contributed by atoms with E-state index < -0.39 is 0 Å². The molecule has 2 rings (SSSR count). The smallest absolute Gasteiger partial charge is 0.265 e. The Bertz CT molecular complexity index is 504. The minimum atomic E-state index is -0.131. The number of aromatic nitrogens is 1. The van der Waals surface area contributed by atoms with E-state index in [1.165, 1.54) is 0 Å². The zero-order chi connectivity index (χ0) is 10.8. The van der Waals surface area contributed by atoms with Gasteiger partial charge in [-0.25, -0.2) is 4.98 Å². The van der Waals surface area contributed by atoms with Gasteiger partial charge in [-0.2, -0.15) is 0 Å². The molecule has 1 aromatic heterocycles. The van der Waals surface area contributed by atoms with Crippen molar-refractivity contribution >= 4 is 32.8 Å². The van der Waals surface area contributed by atoms with Crippen LogP contribution in [-0.4, -0.2) is 16.1 Å². The Labute approximate surface area is 95.6 Å². The number of ketones is 1. The van der Waals surface area contributed by atoms with E-state index in [1.54, 1.807) is 0 Å². The minimum absolute atomic E-state index is 0.131. The number of para-hydroxylation sites is 1. The second-order valence-electron chi connectivity index (χ2n) is 3.19. The topological polar surface area (TPSA) is 43.1 Å². The molecule has 0 fully saturated rings. The third kappa shape index (κ3) is 1.81. The summed E-state index contributed by atoms with van der Waals surface area (Å²) in [5.41, 5.74) is 2.55. The van der Waals surface area contributed by atoms with Crippen molar-refractivity contribution in [3.8, 4) is 0 Å². The van der Waals surface area contributed by atoms with E-state index in [0.717, 1.165) is 23.1 Å². The Balaban J connectivity index is 2.60. The van der Waals surface area contributed by atoms with Crippen molar-refractivity contribution in [3.05, 3.63) is 29.7 Å². The summed E-state index contributed by atoms with van der Waals surface area (Å²) in [5, 5.41) is 0.237. The molecule has 0 spiro atoms. The highest BCUT2D eigenvalue weighted by atomic mass is 79.9. The second-order valence-corrected chi connectivity index (χ2v) is 3.76. The molecule has 3 nitrogen and oxygen atoms in total. The molecule has 0 N–H and O–H groups in total. The predicted molar refractivity (Wildman–Crippen MR) is 61.5 cm³/mol. The van der Waals surface area contributed by atoms with E-state index >= 15 is 0 Å². The van der Waals surface area contributed by atoms with Crippen LogP contribution in [0.2, 0.25) is 0 Å². The van der Waals surface area contributed by atoms with Gasteiger partial charge >= 0.3 is 0 Å². The van der Waals surface area contributed by atoms with Crippen molar-refractivity contribution in [2.24, 2.45) is 0 Å². The number of nitrogens with zero attached hydrogens (tertiary/aromatic N) is 1. The Kier molecular flexibility index (Phi) is 2.86. The van der Waals surface area contributed by atoms with Crippen LogP contribution in [0.1, 0.15) is 23.2 Å². The Morgan fingerprint density at radius 2 is 2.33 bits per heavy atom. The van der Waals surface area contributed by atoms with Crippen LogP contribution in [0.5, 0.6) is 0 Å². The maximum absolute atomic E-state index is 11.4. The molecule has 1 aromatic carbocycles. The first kappa shape index (κ1) is 10.4. The number of halogens is 1. The quantitative estimate of drug-likeness (QED) is 0.635. The molecule has 15 heavy (non-hydrogen) atoms. The summed E-state index contributed by atoms with van der Waals surface area (Å²) in [6.07, 6.45) is 0.870. The molecule has 0 amide bonds. The summed E-state index contributed by atoms with van der Waals surface area (Å²) < 4.78 is 5.45. The van der Waals surface area contributed by atoms with Crippen LogP contribution in [-0.2, 0) is 6.42 Å². The van der Waals surface area contributed by atoms with Crippen molar-refractivity contribution in [3.63, 3.8) is 0 Å². The van der Waals surface area contributed by atoms with Crippen LogP contribution in [0.3, 0.4) is 0 Å². The van der Waals surface area contributed by atoms with Crippen LogP contribution < -0.4 is 0 Å². The van der Waals surface area contributed by atoms with E-state index in [-0.39, 0.29) is 17.0 Å². The van der Waals surface area contributed by atoms with Crippen molar-refractivity contribution in [1.29, 1.82) is 0 Å². The van der Waals surface area contributed by atoms with E-state index in [4.69, 9.17) is 4.42 Å². The average Bonchev–Trinajstić information content (AvgIpc) is 2.71. The lowest BCUT2D eigenvalue weighted by Crippen LogP contribution is -1.99. The molecule has 2 aromatic rings. The van der Waals surface area contributed by atoms with E-state index in [0.29, 0.717) is 0 Å². The molecule has 0 atom stereocenters. The number of hydrogen-bond donors (Lipinski definition) is 0. The lowest BCUT2D eigenvalue weighted by atomic mass is 10.1. The summed E-state index contributed by atoms with van der Waals surface area (Å²) in [4.78, 5) is 15.5. The molecule has 0 radical (unpaired) electrons. The normalized spacial score (nSPS) is 10.8. The van der Waals surface area contributed by atoms with Crippen molar-refractivity contribution < 1.29 is 9.21 Å². The molecule has 0 aliphatic rings. The molecule has 0 bridgehead atoms. The molecule has 0 saturated heterocycles. The number of carbonyl (C=O) groups is 1. The number of fused-ring (bicyclic) bond motifs is 1. The Hall–Kier alpha value is -1.16. The van der Waals surface area contributed by atoms with Gasteiger partial charge in [-0.05, 0) is 18.1 Å². The summed E-state index contributed by atoms with van der Waals surface area (Å²) in [6, 6.07) is 5.75. The average molecular weight is 268 g/mol. The first-order chi connectivity index (χ1) is 7.26. The van der Waals surface area contributed by atoms with Crippen molar-refractivity contribution in [1.82, 2.24) is 4.98 Å². The minimum Gasteiger partial charge on any atom is -0.433 e. The Morgan fingerprint density at radius 1 is 1.53 bits per heavy atom.